The highest BCUT2D eigenvalue weighted by atomic mass is 35.5. The van der Waals surface area contributed by atoms with Crippen molar-refractivity contribution in [3.05, 3.63) is 65.3 Å². The molecule has 0 saturated heterocycles. The molecule has 0 spiro atoms. The van der Waals surface area contributed by atoms with Gasteiger partial charge in [-0.1, -0.05) is 29.8 Å². The first kappa shape index (κ1) is 13.1. The molecule has 0 amide bonds. The predicted molar refractivity (Wildman–Crippen MR) is 82.8 cm³/mol. The molecule has 0 aliphatic carbocycles. The molecular weight excluding hydrogens is 270 g/mol. The molecule has 1 heterocycles. The molecule has 2 aromatic carbocycles. The summed E-state index contributed by atoms with van der Waals surface area (Å²) in [4.78, 5) is 4.46. The number of aromatic nitrogens is 1. The summed E-state index contributed by atoms with van der Waals surface area (Å²) in [5.41, 5.74) is 3.78. The molecule has 0 aliphatic rings. The smallest absolute Gasteiger partial charge is 0.0780 e. The van der Waals surface area contributed by atoms with Crippen molar-refractivity contribution in [3.63, 3.8) is 0 Å². The Balaban J connectivity index is 2.32. The molecule has 0 fully saturated rings. The molecule has 0 radical (unpaired) electrons. The molecule has 3 heteroatoms. The van der Waals surface area contributed by atoms with E-state index in [0.717, 1.165) is 27.6 Å². The molecule has 100 valence electrons. The normalized spacial score (nSPS) is 12.6. The Bertz CT molecular complexity index is 768. The first-order valence-corrected chi connectivity index (χ1v) is 6.85. The lowest BCUT2D eigenvalue weighted by atomic mass is 9.97. The van der Waals surface area contributed by atoms with E-state index in [-0.39, 0.29) is 0 Å². The number of pyridine rings is 1. The lowest BCUT2D eigenvalue weighted by molar-refractivity contribution is 0.199. The SMILES string of the molecule is CC(O)c1cc(-c2cccc(Cl)c2)c2ncccc2c1. The number of fused-ring (bicyclic) bond motifs is 1. The summed E-state index contributed by atoms with van der Waals surface area (Å²) in [7, 11) is 0. The summed E-state index contributed by atoms with van der Waals surface area (Å²) in [6, 6.07) is 15.5. The average Bonchev–Trinajstić information content (AvgIpc) is 2.46. The van der Waals surface area contributed by atoms with Crippen molar-refractivity contribution in [2.75, 3.05) is 0 Å². The van der Waals surface area contributed by atoms with Crippen molar-refractivity contribution in [2.45, 2.75) is 13.0 Å². The Hall–Kier alpha value is -1.90. The highest BCUT2D eigenvalue weighted by Crippen LogP contribution is 2.31. The fraction of sp³-hybridized carbons (Fsp3) is 0.118. The maximum absolute atomic E-state index is 9.86. The van der Waals surface area contributed by atoms with Crippen molar-refractivity contribution in [3.8, 4) is 11.1 Å². The van der Waals surface area contributed by atoms with Gasteiger partial charge in [-0.05, 0) is 48.4 Å². The van der Waals surface area contributed by atoms with Crippen LogP contribution in [0, 0.1) is 0 Å². The van der Waals surface area contributed by atoms with Crippen LogP contribution < -0.4 is 0 Å². The summed E-state index contributed by atoms with van der Waals surface area (Å²) in [5, 5.41) is 11.6. The van der Waals surface area contributed by atoms with E-state index in [4.69, 9.17) is 11.6 Å². The van der Waals surface area contributed by atoms with Gasteiger partial charge in [0.1, 0.15) is 0 Å². The molecule has 0 aliphatic heterocycles. The van der Waals surface area contributed by atoms with E-state index < -0.39 is 6.10 Å². The second-order valence-electron chi connectivity index (χ2n) is 4.83. The van der Waals surface area contributed by atoms with Crippen LogP contribution in [0.4, 0.5) is 0 Å². The van der Waals surface area contributed by atoms with Crippen molar-refractivity contribution in [1.82, 2.24) is 4.98 Å². The van der Waals surface area contributed by atoms with Crippen molar-refractivity contribution in [2.24, 2.45) is 0 Å². The van der Waals surface area contributed by atoms with Gasteiger partial charge in [0.15, 0.2) is 0 Å². The number of rotatable bonds is 2. The first-order chi connectivity index (χ1) is 9.65. The lowest BCUT2D eigenvalue weighted by Gasteiger charge is -2.12. The predicted octanol–water partition coefficient (Wildman–Crippen LogP) is 4.61. The van der Waals surface area contributed by atoms with Gasteiger partial charge in [-0.25, -0.2) is 0 Å². The second-order valence-corrected chi connectivity index (χ2v) is 5.27. The Kier molecular flexibility index (Phi) is 3.43. The number of aliphatic hydroxyl groups is 1. The van der Waals surface area contributed by atoms with Crippen LogP contribution in [0.5, 0.6) is 0 Å². The number of benzene rings is 2. The number of halogens is 1. The largest absolute Gasteiger partial charge is 0.389 e. The van der Waals surface area contributed by atoms with E-state index in [1.165, 1.54) is 0 Å². The van der Waals surface area contributed by atoms with Gasteiger partial charge in [-0.3, -0.25) is 4.98 Å². The summed E-state index contributed by atoms with van der Waals surface area (Å²) < 4.78 is 0. The average molecular weight is 284 g/mol. The van der Waals surface area contributed by atoms with Crippen LogP contribution in [0.2, 0.25) is 5.02 Å². The zero-order valence-corrected chi connectivity index (χ0v) is 11.8. The fourth-order valence-corrected chi connectivity index (χ4v) is 2.52. The molecule has 3 aromatic rings. The molecule has 2 nitrogen and oxygen atoms in total. The molecule has 1 aromatic heterocycles. The third kappa shape index (κ3) is 2.40. The quantitative estimate of drug-likeness (QED) is 0.745. The maximum Gasteiger partial charge on any atom is 0.0780 e. The van der Waals surface area contributed by atoms with Gasteiger partial charge < -0.3 is 5.11 Å². The molecule has 1 atom stereocenters. The van der Waals surface area contributed by atoms with Gasteiger partial charge in [0.05, 0.1) is 11.6 Å². The van der Waals surface area contributed by atoms with Gasteiger partial charge in [-0.2, -0.15) is 0 Å². The fourth-order valence-electron chi connectivity index (χ4n) is 2.33. The van der Waals surface area contributed by atoms with Crippen LogP contribution in [0.3, 0.4) is 0 Å². The number of aliphatic hydroxyl groups excluding tert-OH is 1. The van der Waals surface area contributed by atoms with Gasteiger partial charge in [-0.15, -0.1) is 0 Å². The molecule has 3 rings (SSSR count). The maximum atomic E-state index is 9.86. The number of hydrogen-bond acceptors (Lipinski definition) is 2. The number of nitrogens with zero attached hydrogens (tertiary/aromatic N) is 1. The Morgan fingerprint density at radius 2 is 1.95 bits per heavy atom. The van der Waals surface area contributed by atoms with E-state index in [1.807, 2.05) is 48.5 Å². The van der Waals surface area contributed by atoms with Crippen LogP contribution in [0.1, 0.15) is 18.6 Å². The highest BCUT2D eigenvalue weighted by molar-refractivity contribution is 6.30. The summed E-state index contributed by atoms with van der Waals surface area (Å²) in [6.07, 6.45) is 1.26. The van der Waals surface area contributed by atoms with E-state index in [2.05, 4.69) is 4.98 Å². The summed E-state index contributed by atoms with van der Waals surface area (Å²) >= 11 is 6.08. The van der Waals surface area contributed by atoms with Crippen LogP contribution >= 0.6 is 11.6 Å². The monoisotopic (exact) mass is 283 g/mol. The Morgan fingerprint density at radius 1 is 1.10 bits per heavy atom. The standard InChI is InChI=1S/C17H14ClNO/c1-11(20)14-8-13-5-3-7-19-17(13)16(10-14)12-4-2-6-15(18)9-12/h2-11,20H,1H3. The van der Waals surface area contributed by atoms with Crippen LogP contribution in [-0.2, 0) is 0 Å². The van der Waals surface area contributed by atoms with E-state index in [9.17, 15) is 5.11 Å². The van der Waals surface area contributed by atoms with Gasteiger partial charge in [0, 0.05) is 22.2 Å². The van der Waals surface area contributed by atoms with Crippen LogP contribution in [0.25, 0.3) is 22.0 Å². The van der Waals surface area contributed by atoms with Crippen LogP contribution in [0.15, 0.2) is 54.7 Å². The molecule has 20 heavy (non-hydrogen) atoms. The zero-order valence-electron chi connectivity index (χ0n) is 11.0. The summed E-state index contributed by atoms with van der Waals surface area (Å²) in [6.45, 7) is 1.76. The minimum atomic E-state index is -0.516. The van der Waals surface area contributed by atoms with Gasteiger partial charge in [0.25, 0.3) is 0 Å². The first-order valence-electron chi connectivity index (χ1n) is 6.48. The van der Waals surface area contributed by atoms with Gasteiger partial charge >= 0.3 is 0 Å². The lowest BCUT2D eigenvalue weighted by Crippen LogP contribution is -1.94. The van der Waals surface area contributed by atoms with Crippen molar-refractivity contribution in [1.29, 1.82) is 0 Å². The third-order valence-corrected chi connectivity index (χ3v) is 3.58. The molecular formula is C17H14ClNO. The van der Waals surface area contributed by atoms with Crippen LogP contribution in [-0.4, -0.2) is 10.1 Å². The van der Waals surface area contributed by atoms with E-state index in [1.54, 1.807) is 13.1 Å². The Morgan fingerprint density at radius 3 is 2.70 bits per heavy atom. The van der Waals surface area contributed by atoms with Crippen molar-refractivity contribution < 1.29 is 5.11 Å². The minimum absolute atomic E-state index is 0.516. The van der Waals surface area contributed by atoms with Gasteiger partial charge in [0.2, 0.25) is 0 Å². The molecule has 0 saturated carbocycles. The van der Waals surface area contributed by atoms with E-state index in [0.29, 0.717) is 5.02 Å². The Labute approximate surface area is 122 Å². The topological polar surface area (TPSA) is 33.1 Å². The second kappa shape index (κ2) is 5.23. The van der Waals surface area contributed by atoms with Crippen molar-refractivity contribution >= 4 is 22.5 Å². The zero-order chi connectivity index (χ0) is 14.1. The molecule has 1 unspecified atom stereocenters. The third-order valence-electron chi connectivity index (χ3n) is 3.35. The highest BCUT2D eigenvalue weighted by Gasteiger charge is 2.10. The molecule has 1 N–H and O–H groups in total. The molecule has 0 bridgehead atoms. The number of hydrogen-bond donors (Lipinski definition) is 1. The minimum Gasteiger partial charge on any atom is -0.389 e. The van der Waals surface area contributed by atoms with E-state index >= 15 is 0 Å². The summed E-state index contributed by atoms with van der Waals surface area (Å²) in [5.74, 6) is 0.